The molecular weight excluding hydrogens is 757 g/mol. The van der Waals surface area contributed by atoms with Gasteiger partial charge in [0.1, 0.15) is 11.6 Å². The maximum Gasteiger partial charge on any atom is 0.266 e. The first kappa shape index (κ1) is 39.1. The third-order valence-corrected chi connectivity index (χ3v) is 10.3. The molecule has 6 aromatic rings. The van der Waals surface area contributed by atoms with Crippen molar-refractivity contribution in [2.45, 2.75) is 102 Å². The zero-order valence-electron chi connectivity index (χ0n) is 33.1. The number of alkyl halides is 4. The van der Waals surface area contributed by atoms with Crippen molar-refractivity contribution in [1.82, 2.24) is 59.9 Å². The highest BCUT2D eigenvalue weighted by Crippen LogP contribution is 2.36. The molecule has 0 amide bonds. The van der Waals surface area contributed by atoms with E-state index < -0.39 is 47.6 Å². The Hall–Kier alpha value is -5.75. The summed E-state index contributed by atoms with van der Waals surface area (Å²) in [6, 6.07) is 10.5. The molecule has 304 valence electrons. The van der Waals surface area contributed by atoms with Crippen LogP contribution in [0.25, 0.3) is 22.3 Å². The molecule has 0 N–H and O–H groups in total. The molecule has 0 saturated carbocycles. The van der Waals surface area contributed by atoms with E-state index in [1.165, 1.54) is 19.4 Å². The highest BCUT2D eigenvalue weighted by Gasteiger charge is 2.42. The van der Waals surface area contributed by atoms with Crippen molar-refractivity contribution < 1.29 is 22.4 Å². The lowest BCUT2D eigenvalue weighted by molar-refractivity contribution is -0.123. The van der Waals surface area contributed by atoms with Crippen LogP contribution in [0, 0.1) is 0 Å². The van der Waals surface area contributed by atoms with Crippen molar-refractivity contribution in [3.63, 3.8) is 0 Å². The fourth-order valence-corrected chi connectivity index (χ4v) is 7.18. The quantitative estimate of drug-likeness (QED) is 0.156. The van der Waals surface area contributed by atoms with Gasteiger partial charge in [0.15, 0.2) is 28.5 Å². The van der Waals surface area contributed by atoms with Gasteiger partial charge in [0, 0.05) is 49.2 Å². The van der Waals surface area contributed by atoms with Gasteiger partial charge in [0.05, 0.1) is 49.4 Å². The molecule has 2 unspecified atom stereocenters. The van der Waals surface area contributed by atoms with Gasteiger partial charge >= 0.3 is 0 Å². The number of carbonyl (C=O) groups is 1. The van der Waals surface area contributed by atoms with Crippen LogP contribution in [-0.4, -0.2) is 104 Å². The van der Waals surface area contributed by atoms with E-state index in [2.05, 4.69) is 30.1 Å². The Morgan fingerprint density at radius 1 is 0.638 bits per heavy atom. The third-order valence-electron chi connectivity index (χ3n) is 10.3. The number of halogens is 4. The van der Waals surface area contributed by atoms with E-state index in [-0.39, 0.29) is 78.8 Å². The number of aromatic nitrogens is 12. The third kappa shape index (κ3) is 7.90. The lowest BCUT2D eigenvalue weighted by Crippen LogP contribution is -2.29. The molecule has 2 atom stereocenters. The van der Waals surface area contributed by atoms with Crippen LogP contribution in [0.1, 0.15) is 89.3 Å². The number of ketones is 1. The predicted molar refractivity (Wildman–Crippen MR) is 206 cm³/mol. The highest BCUT2D eigenvalue weighted by molar-refractivity contribution is 5.91. The largest absolute Gasteiger partial charge is 0.348 e. The minimum atomic E-state index is -2.88. The monoisotopic (exact) mass is 800 g/mol. The van der Waals surface area contributed by atoms with Crippen molar-refractivity contribution in [3.8, 4) is 0 Å². The second-order valence-electron chi connectivity index (χ2n) is 17.2. The number of carbonyl (C=O) groups excluding carboxylic acids is 1. The average Bonchev–Trinajstić information content (AvgIpc) is 3.95. The van der Waals surface area contributed by atoms with Gasteiger partial charge in [-0.25, -0.2) is 37.5 Å². The Bertz CT molecular complexity index is 2290. The molecule has 2 aliphatic rings. The molecular formula is C39H44F4N14O. The number of Topliss-reactive ketones (excluding diaryl/α,β-unsaturated/α-hetero) is 1. The van der Waals surface area contributed by atoms with Crippen LogP contribution < -0.4 is 9.80 Å². The zero-order chi connectivity index (χ0) is 41.2. The standard InChI is InChI=1S/C39H44F4N14O/c1-36(2,3)34-46-30-27(32(48-34)54-17-13-38(40,41)21-54)50-56(52-30)19-23(25-11-7-9-15-44-25)29(58)24(26-12-8-10-16-45-26)20-57-51-28-31(53-57)47-35(37(4,5)6)49-33(28)55-18-14-39(42,43)22-55/h7-12,15-16,23-24H,13-14,17-22H2,1-6H3. The van der Waals surface area contributed by atoms with Gasteiger partial charge in [-0.1, -0.05) is 53.7 Å². The van der Waals surface area contributed by atoms with Crippen molar-refractivity contribution in [2.24, 2.45) is 0 Å². The van der Waals surface area contributed by atoms with Crippen LogP contribution >= 0.6 is 0 Å². The summed E-state index contributed by atoms with van der Waals surface area (Å²) >= 11 is 0. The molecule has 8 heterocycles. The lowest BCUT2D eigenvalue weighted by Gasteiger charge is -2.22. The average molecular weight is 801 g/mol. The Morgan fingerprint density at radius 2 is 1.05 bits per heavy atom. The first-order valence-corrected chi connectivity index (χ1v) is 19.2. The maximum absolute atomic E-state index is 15.1. The number of hydrogen-bond acceptors (Lipinski definition) is 13. The van der Waals surface area contributed by atoms with Crippen LogP contribution in [-0.2, 0) is 28.7 Å². The van der Waals surface area contributed by atoms with Gasteiger partial charge in [-0.3, -0.25) is 14.8 Å². The van der Waals surface area contributed by atoms with Gasteiger partial charge in [-0.05, 0) is 24.3 Å². The van der Waals surface area contributed by atoms with Crippen LogP contribution in [0.4, 0.5) is 29.2 Å². The van der Waals surface area contributed by atoms with E-state index in [1.807, 2.05) is 41.5 Å². The summed E-state index contributed by atoms with van der Waals surface area (Å²) in [6.45, 7) is 10.5. The van der Waals surface area contributed by atoms with E-state index in [0.29, 0.717) is 23.0 Å². The van der Waals surface area contributed by atoms with E-state index in [9.17, 15) is 17.6 Å². The molecule has 6 aromatic heterocycles. The first-order chi connectivity index (χ1) is 27.3. The molecule has 15 nitrogen and oxygen atoms in total. The Kier molecular flexibility index (Phi) is 9.61. The summed E-state index contributed by atoms with van der Waals surface area (Å²) in [5, 5.41) is 18.8. The number of pyridine rings is 2. The molecule has 2 fully saturated rings. The predicted octanol–water partition coefficient (Wildman–Crippen LogP) is 5.67. The summed E-state index contributed by atoms with van der Waals surface area (Å²) < 4.78 is 57.8. The summed E-state index contributed by atoms with van der Waals surface area (Å²) in [6.07, 6.45) is 2.54. The number of hydrogen-bond donors (Lipinski definition) is 0. The summed E-state index contributed by atoms with van der Waals surface area (Å²) in [7, 11) is 0. The Morgan fingerprint density at radius 3 is 1.38 bits per heavy atom. The van der Waals surface area contributed by atoms with E-state index >= 15 is 4.79 Å². The molecule has 0 radical (unpaired) electrons. The maximum atomic E-state index is 15.1. The number of fused-ring (bicyclic) bond motifs is 2. The SMILES string of the molecule is CC(C)(C)c1nc(N2CCC(F)(F)C2)c2nn(CC(C(=O)C(Cn3nc4nc(C(C)(C)C)nc(N5CCC(F)(F)C5)c4n3)c3ccccn3)c3ccccn3)nc2n1. The smallest absolute Gasteiger partial charge is 0.266 e. The second-order valence-corrected chi connectivity index (χ2v) is 17.2. The zero-order valence-corrected chi connectivity index (χ0v) is 33.1. The van der Waals surface area contributed by atoms with Crippen LogP contribution in [0.15, 0.2) is 48.8 Å². The Balaban J connectivity index is 1.19. The van der Waals surface area contributed by atoms with Crippen LogP contribution in [0.3, 0.4) is 0 Å². The molecule has 0 aromatic carbocycles. The van der Waals surface area contributed by atoms with Gasteiger partial charge in [0.25, 0.3) is 11.8 Å². The van der Waals surface area contributed by atoms with E-state index in [0.717, 1.165) is 0 Å². The molecule has 0 bridgehead atoms. The normalized spacial score (nSPS) is 18.0. The summed E-state index contributed by atoms with van der Waals surface area (Å²) in [5.41, 5.74) is 0.746. The van der Waals surface area contributed by atoms with Gasteiger partial charge < -0.3 is 9.80 Å². The van der Waals surface area contributed by atoms with Crippen molar-refractivity contribution >= 4 is 39.7 Å². The number of rotatable bonds is 10. The molecule has 8 rings (SSSR count). The minimum absolute atomic E-state index is 0.0851. The number of anilines is 2. The minimum Gasteiger partial charge on any atom is -0.348 e. The first-order valence-electron chi connectivity index (χ1n) is 19.2. The summed E-state index contributed by atoms with van der Waals surface area (Å²) in [4.78, 5) is 48.7. The Labute approximate surface area is 331 Å². The van der Waals surface area contributed by atoms with E-state index in [4.69, 9.17) is 20.2 Å². The molecule has 0 spiro atoms. The number of nitrogens with zero attached hydrogens (tertiary/aromatic N) is 14. The highest BCUT2D eigenvalue weighted by atomic mass is 19.3. The fourth-order valence-electron chi connectivity index (χ4n) is 7.18. The molecule has 2 aliphatic heterocycles. The molecule has 58 heavy (non-hydrogen) atoms. The van der Waals surface area contributed by atoms with E-state index in [1.54, 1.807) is 48.8 Å². The lowest BCUT2D eigenvalue weighted by atomic mass is 9.87. The topological polar surface area (TPSA) is 162 Å². The fraction of sp³-hybridized carbons (Fsp3) is 0.513. The molecule has 19 heteroatoms. The second kappa shape index (κ2) is 14.3. The van der Waals surface area contributed by atoms with Crippen LogP contribution in [0.5, 0.6) is 0 Å². The molecule has 2 saturated heterocycles. The summed E-state index contributed by atoms with van der Waals surface area (Å²) in [5.74, 6) is -6.58. The van der Waals surface area contributed by atoms with Crippen molar-refractivity contribution in [1.29, 1.82) is 0 Å². The van der Waals surface area contributed by atoms with Gasteiger partial charge in [0.2, 0.25) is 11.3 Å². The van der Waals surface area contributed by atoms with Gasteiger partial charge in [-0.2, -0.15) is 9.59 Å². The van der Waals surface area contributed by atoms with Gasteiger partial charge in [-0.15, -0.1) is 20.4 Å². The molecule has 0 aliphatic carbocycles. The van der Waals surface area contributed by atoms with Crippen LogP contribution in [0.2, 0.25) is 0 Å². The van der Waals surface area contributed by atoms with Crippen molar-refractivity contribution in [2.75, 3.05) is 36.0 Å². The van der Waals surface area contributed by atoms with Crippen molar-refractivity contribution in [3.05, 3.63) is 71.8 Å².